The summed E-state index contributed by atoms with van der Waals surface area (Å²) in [7, 11) is 0. The Hall–Kier alpha value is -2.63. The number of ether oxygens (including phenoxy) is 1. The van der Waals surface area contributed by atoms with Crippen molar-refractivity contribution in [1.82, 2.24) is 15.3 Å². The molecular formula is C20H27N3O3. The van der Waals surface area contributed by atoms with Gasteiger partial charge in [0.05, 0.1) is 6.10 Å². The van der Waals surface area contributed by atoms with Crippen LogP contribution in [0.2, 0.25) is 0 Å². The van der Waals surface area contributed by atoms with Gasteiger partial charge >= 0.3 is 5.69 Å². The van der Waals surface area contributed by atoms with Crippen LogP contribution in [0.5, 0.6) is 5.75 Å². The predicted molar refractivity (Wildman–Crippen MR) is 102 cm³/mol. The van der Waals surface area contributed by atoms with Crippen LogP contribution >= 0.6 is 0 Å². The zero-order chi connectivity index (χ0) is 19.1. The summed E-state index contributed by atoms with van der Waals surface area (Å²) in [5.74, 6) is 0.857. The highest BCUT2D eigenvalue weighted by Gasteiger charge is 2.11. The summed E-state index contributed by atoms with van der Waals surface area (Å²) in [6.07, 6.45) is 1.42. The van der Waals surface area contributed by atoms with E-state index in [2.05, 4.69) is 29.1 Å². The van der Waals surface area contributed by atoms with Gasteiger partial charge in [0.1, 0.15) is 11.4 Å². The van der Waals surface area contributed by atoms with E-state index in [0.29, 0.717) is 25.3 Å². The zero-order valence-corrected chi connectivity index (χ0v) is 15.8. The monoisotopic (exact) mass is 357 g/mol. The first-order chi connectivity index (χ1) is 12.3. The molecule has 0 aliphatic carbocycles. The van der Waals surface area contributed by atoms with Crippen molar-refractivity contribution in [2.24, 2.45) is 5.92 Å². The molecule has 0 atom stereocenters. The van der Waals surface area contributed by atoms with Crippen molar-refractivity contribution in [3.63, 3.8) is 0 Å². The maximum Gasteiger partial charge on any atom is 0.345 e. The Kier molecular flexibility index (Phi) is 6.95. The molecule has 0 aliphatic rings. The van der Waals surface area contributed by atoms with E-state index >= 15 is 0 Å². The fraction of sp³-hybridized carbons (Fsp3) is 0.450. The molecule has 0 radical (unpaired) electrons. The molecule has 1 aromatic heterocycles. The first kappa shape index (κ1) is 19.7. The molecule has 0 saturated carbocycles. The first-order valence-electron chi connectivity index (χ1n) is 8.98. The summed E-state index contributed by atoms with van der Waals surface area (Å²) >= 11 is 0. The van der Waals surface area contributed by atoms with Crippen molar-refractivity contribution in [2.75, 3.05) is 6.54 Å². The highest BCUT2D eigenvalue weighted by Crippen LogP contribution is 2.19. The molecule has 0 saturated heterocycles. The lowest BCUT2D eigenvalue weighted by atomic mass is 10.1. The van der Waals surface area contributed by atoms with E-state index in [0.717, 1.165) is 17.0 Å². The fourth-order valence-electron chi connectivity index (χ4n) is 2.65. The number of carbonyl (C=O) groups is 1. The van der Waals surface area contributed by atoms with Crippen LogP contribution in [0.3, 0.4) is 0 Å². The van der Waals surface area contributed by atoms with Crippen molar-refractivity contribution >= 4 is 5.91 Å². The summed E-state index contributed by atoms with van der Waals surface area (Å²) in [6, 6.07) is 9.42. The van der Waals surface area contributed by atoms with E-state index in [1.54, 1.807) is 6.07 Å². The number of para-hydroxylation sites is 1. The number of rotatable bonds is 8. The van der Waals surface area contributed by atoms with E-state index in [-0.39, 0.29) is 17.7 Å². The van der Waals surface area contributed by atoms with Crippen molar-refractivity contribution < 1.29 is 9.53 Å². The molecule has 0 aliphatic heterocycles. The van der Waals surface area contributed by atoms with Crippen molar-refractivity contribution in [1.29, 1.82) is 0 Å². The molecule has 0 bridgehead atoms. The Bertz CT molecular complexity index is 797. The lowest BCUT2D eigenvalue weighted by Crippen LogP contribution is -2.29. The number of carbonyl (C=O) groups excluding carboxylic acids is 1. The van der Waals surface area contributed by atoms with Crippen LogP contribution in [0.4, 0.5) is 0 Å². The zero-order valence-electron chi connectivity index (χ0n) is 15.8. The highest BCUT2D eigenvalue weighted by atomic mass is 16.5. The largest absolute Gasteiger partial charge is 0.491 e. The van der Waals surface area contributed by atoms with E-state index in [1.807, 2.05) is 38.1 Å². The molecule has 6 nitrogen and oxygen atoms in total. The SMILES string of the molecule is CC(C)Cc1cc(C(=O)NCCc2ccccc2OC(C)C)nc(=O)[nH]1. The number of nitrogens with zero attached hydrogens (tertiary/aromatic N) is 1. The van der Waals surface area contributed by atoms with Gasteiger partial charge in [-0.3, -0.25) is 4.79 Å². The molecule has 0 fully saturated rings. The van der Waals surface area contributed by atoms with E-state index in [9.17, 15) is 9.59 Å². The van der Waals surface area contributed by atoms with Gasteiger partial charge in [0.25, 0.3) is 5.91 Å². The Morgan fingerprint density at radius 3 is 2.65 bits per heavy atom. The smallest absolute Gasteiger partial charge is 0.345 e. The molecule has 2 rings (SSSR count). The normalized spacial score (nSPS) is 11.0. The minimum atomic E-state index is -0.496. The van der Waals surface area contributed by atoms with Crippen LogP contribution < -0.4 is 15.7 Å². The van der Waals surface area contributed by atoms with Crippen molar-refractivity contribution in [3.8, 4) is 5.75 Å². The fourth-order valence-corrected chi connectivity index (χ4v) is 2.65. The van der Waals surface area contributed by atoms with Gasteiger partial charge in [0.2, 0.25) is 0 Å². The third-order valence-electron chi connectivity index (χ3n) is 3.68. The number of amides is 1. The molecule has 2 aromatic rings. The predicted octanol–water partition coefficient (Wildman–Crippen LogP) is 2.73. The standard InChI is InChI=1S/C20H27N3O3/c1-13(2)11-16-12-17(23-20(25)22-16)19(24)21-10-9-15-7-5-6-8-18(15)26-14(3)4/h5-8,12-14H,9-11H2,1-4H3,(H,21,24)(H,22,23,25). The van der Waals surface area contributed by atoms with Gasteiger partial charge in [-0.15, -0.1) is 0 Å². The molecular weight excluding hydrogens is 330 g/mol. The van der Waals surface area contributed by atoms with E-state index in [4.69, 9.17) is 4.74 Å². The quantitative estimate of drug-likeness (QED) is 0.761. The molecule has 1 heterocycles. The topological polar surface area (TPSA) is 84.1 Å². The number of benzene rings is 1. The molecule has 1 aromatic carbocycles. The van der Waals surface area contributed by atoms with E-state index < -0.39 is 5.69 Å². The summed E-state index contributed by atoms with van der Waals surface area (Å²) in [5, 5.41) is 2.83. The molecule has 26 heavy (non-hydrogen) atoms. The van der Waals surface area contributed by atoms with E-state index in [1.165, 1.54) is 0 Å². The summed E-state index contributed by atoms with van der Waals surface area (Å²) in [6.45, 7) is 8.49. The number of H-pyrrole nitrogens is 1. The molecule has 2 N–H and O–H groups in total. The van der Waals surface area contributed by atoms with Gasteiger partial charge in [-0.1, -0.05) is 32.0 Å². The molecule has 1 amide bonds. The van der Waals surface area contributed by atoms with Gasteiger partial charge in [0.15, 0.2) is 0 Å². The lowest BCUT2D eigenvalue weighted by Gasteiger charge is -2.14. The van der Waals surface area contributed by atoms with Crippen LogP contribution in [0.15, 0.2) is 35.1 Å². The number of hydrogen-bond acceptors (Lipinski definition) is 4. The third kappa shape index (κ3) is 6.02. The summed E-state index contributed by atoms with van der Waals surface area (Å²) < 4.78 is 5.79. The number of nitrogens with one attached hydrogen (secondary N) is 2. The first-order valence-corrected chi connectivity index (χ1v) is 8.98. The second-order valence-electron chi connectivity index (χ2n) is 6.97. The maximum absolute atomic E-state index is 12.3. The van der Waals surface area contributed by atoms with Gasteiger partial charge < -0.3 is 15.0 Å². The molecule has 0 unspecified atom stereocenters. The summed E-state index contributed by atoms with van der Waals surface area (Å²) in [5.41, 5.74) is 1.40. The van der Waals surface area contributed by atoms with Crippen molar-refractivity contribution in [3.05, 3.63) is 57.8 Å². The third-order valence-corrected chi connectivity index (χ3v) is 3.68. The number of hydrogen-bond donors (Lipinski definition) is 2. The number of aromatic nitrogens is 2. The minimum absolute atomic E-state index is 0.0883. The van der Waals surface area contributed by atoms with Crippen molar-refractivity contribution in [2.45, 2.75) is 46.6 Å². The summed E-state index contributed by atoms with van der Waals surface area (Å²) in [4.78, 5) is 30.5. The Morgan fingerprint density at radius 1 is 1.23 bits per heavy atom. The second kappa shape index (κ2) is 9.17. The van der Waals surface area contributed by atoms with Crippen LogP contribution in [-0.4, -0.2) is 28.5 Å². The van der Waals surface area contributed by atoms with Gasteiger partial charge in [-0.2, -0.15) is 4.98 Å². The van der Waals surface area contributed by atoms with Gasteiger partial charge in [-0.05, 0) is 50.3 Å². The van der Waals surface area contributed by atoms with Crippen LogP contribution in [0.1, 0.15) is 49.4 Å². The van der Waals surface area contributed by atoms with Crippen LogP contribution in [-0.2, 0) is 12.8 Å². The van der Waals surface area contributed by atoms with Crippen LogP contribution in [0.25, 0.3) is 0 Å². The second-order valence-corrected chi connectivity index (χ2v) is 6.97. The maximum atomic E-state index is 12.3. The Morgan fingerprint density at radius 2 is 1.96 bits per heavy atom. The molecule has 140 valence electrons. The lowest BCUT2D eigenvalue weighted by molar-refractivity contribution is 0.0948. The number of aromatic amines is 1. The van der Waals surface area contributed by atoms with Gasteiger partial charge in [-0.25, -0.2) is 4.79 Å². The average molecular weight is 357 g/mol. The minimum Gasteiger partial charge on any atom is -0.491 e. The average Bonchev–Trinajstić information content (AvgIpc) is 2.54. The van der Waals surface area contributed by atoms with Gasteiger partial charge in [0, 0.05) is 12.2 Å². The molecule has 0 spiro atoms. The highest BCUT2D eigenvalue weighted by molar-refractivity contribution is 5.92. The molecule has 6 heteroatoms. The Labute approximate surface area is 154 Å². The van der Waals surface area contributed by atoms with Crippen LogP contribution in [0, 0.1) is 5.92 Å². The Balaban J connectivity index is 1.99.